The third-order valence-electron chi connectivity index (χ3n) is 6.78. The lowest BCUT2D eigenvalue weighted by atomic mass is 9.72. The van der Waals surface area contributed by atoms with Crippen LogP contribution in [0.3, 0.4) is 0 Å². The van der Waals surface area contributed by atoms with E-state index >= 15 is 0 Å². The molecule has 204 valence electrons. The molecule has 2 aliphatic rings. The van der Waals surface area contributed by atoms with Crippen LogP contribution in [-0.4, -0.2) is 52.4 Å². The van der Waals surface area contributed by atoms with Crippen LogP contribution in [0.4, 0.5) is 0 Å². The molecular weight excluding hydrogens is 506 g/mol. The summed E-state index contributed by atoms with van der Waals surface area (Å²) < 4.78 is 27.9. The van der Waals surface area contributed by atoms with E-state index in [0.29, 0.717) is 52.5 Å². The number of benzene rings is 1. The Kier molecular flexibility index (Phi) is 8.79. The molecule has 0 radical (unpaired) electrons. The molecule has 9 heteroatoms. The molecule has 2 atom stereocenters. The van der Waals surface area contributed by atoms with Gasteiger partial charge in [-0.3, -0.25) is 4.79 Å². The summed E-state index contributed by atoms with van der Waals surface area (Å²) in [4.78, 5) is 28.5. The first-order valence-electron chi connectivity index (χ1n) is 12.6. The number of carbonyl (C=O) groups is 2. The number of methoxy groups -OCH3 is 3. The number of thiophene rings is 1. The lowest BCUT2D eigenvalue weighted by Crippen LogP contribution is -2.36. The van der Waals surface area contributed by atoms with Gasteiger partial charge in [0.2, 0.25) is 5.75 Å². The Balaban J connectivity index is 1.79. The molecule has 1 aliphatic carbocycles. The Morgan fingerprint density at radius 3 is 2.37 bits per heavy atom. The fourth-order valence-electron chi connectivity index (χ4n) is 5.13. The van der Waals surface area contributed by atoms with E-state index in [0.717, 1.165) is 5.70 Å². The van der Waals surface area contributed by atoms with Gasteiger partial charge in [0, 0.05) is 40.1 Å². The molecule has 0 amide bonds. The SMILES string of the molecule is COc1cc(C2C(C(=O)OCCOC(C)C)=C(C)NC3=C2C(=O)CC(c2cccs2)C3)cc(OC)c1OC. The summed E-state index contributed by atoms with van der Waals surface area (Å²) in [6, 6.07) is 7.66. The van der Waals surface area contributed by atoms with Crippen molar-refractivity contribution < 1.29 is 33.3 Å². The number of hydrogen-bond acceptors (Lipinski definition) is 9. The molecule has 0 saturated carbocycles. The number of dihydropyridines is 1. The predicted octanol–water partition coefficient (Wildman–Crippen LogP) is 5.10. The quantitative estimate of drug-likeness (QED) is 0.328. The van der Waals surface area contributed by atoms with Crippen LogP contribution in [0.1, 0.15) is 55.9 Å². The van der Waals surface area contributed by atoms with E-state index in [9.17, 15) is 9.59 Å². The predicted molar refractivity (Wildman–Crippen MR) is 145 cm³/mol. The van der Waals surface area contributed by atoms with Crippen LogP contribution in [0.15, 0.2) is 52.2 Å². The molecule has 1 aliphatic heterocycles. The lowest BCUT2D eigenvalue weighted by Gasteiger charge is -2.36. The zero-order valence-electron chi connectivity index (χ0n) is 22.7. The van der Waals surface area contributed by atoms with Crippen LogP contribution in [-0.2, 0) is 19.1 Å². The number of carbonyl (C=O) groups excluding carboxylic acids is 2. The fraction of sp³-hybridized carbons (Fsp3) is 0.448. The van der Waals surface area contributed by atoms with Crippen LogP contribution in [0, 0.1) is 0 Å². The molecule has 0 fully saturated rings. The van der Waals surface area contributed by atoms with Gasteiger partial charge in [-0.15, -0.1) is 11.3 Å². The Bertz CT molecular complexity index is 1220. The van der Waals surface area contributed by atoms with Crippen molar-refractivity contribution in [2.45, 2.75) is 51.6 Å². The zero-order valence-corrected chi connectivity index (χ0v) is 23.5. The average Bonchev–Trinajstić information content (AvgIpc) is 3.44. The molecule has 0 saturated heterocycles. The summed E-state index contributed by atoms with van der Waals surface area (Å²) in [6.45, 7) is 6.08. The average molecular weight is 542 g/mol. The maximum Gasteiger partial charge on any atom is 0.336 e. The molecule has 38 heavy (non-hydrogen) atoms. The summed E-state index contributed by atoms with van der Waals surface area (Å²) in [7, 11) is 4.61. The number of Topliss-reactive ketones (excluding diaryl/α,β-unsaturated/α-hetero) is 1. The van der Waals surface area contributed by atoms with Gasteiger partial charge in [-0.1, -0.05) is 6.07 Å². The van der Waals surface area contributed by atoms with Crippen LogP contribution in [0.25, 0.3) is 0 Å². The molecule has 2 heterocycles. The molecular formula is C29H35NO7S. The first-order chi connectivity index (χ1) is 18.3. The van der Waals surface area contributed by atoms with Gasteiger partial charge in [0.15, 0.2) is 17.3 Å². The van der Waals surface area contributed by atoms with Gasteiger partial charge in [-0.05, 0) is 56.3 Å². The van der Waals surface area contributed by atoms with Gasteiger partial charge in [0.1, 0.15) is 6.61 Å². The highest BCUT2D eigenvalue weighted by Gasteiger charge is 2.42. The molecule has 2 aromatic rings. The highest BCUT2D eigenvalue weighted by Crippen LogP contribution is 2.49. The Labute approximate surface area is 227 Å². The van der Waals surface area contributed by atoms with E-state index in [1.807, 2.05) is 32.2 Å². The number of ether oxygens (including phenoxy) is 5. The number of esters is 1. The Morgan fingerprint density at radius 2 is 1.79 bits per heavy atom. The summed E-state index contributed by atoms with van der Waals surface area (Å²) in [5, 5.41) is 5.41. The standard InChI is InChI=1S/C29H35NO7S/c1-16(2)36-9-10-37-29(32)25-17(3)30-20-12-18(24-8-7-11-38-24)13-21(31)27(20)26(25)19-14-22(33-4)28(35-6)23(15-19)34-5/h7-8,11,14-16,18,26,30H,9-10,12-13H2,1-6H3. The molecule has 1 aromatic carbocycles. The summed E-state index contributed by atoms with van der Waals surface area (Å²) in [5.41, 5.74) is 3.11. The first kappa shape index (κ1) is 27.7. The Morgan fingerprint density at radius 1 is 1.08 bits per heavy atom. The second-order valence-corrected chi connectivity index (χ2v) is 10.5. The Hall–Kier alpha value is -3.30. The van der Waals surface area contributed by atoms with Crippen molar-refractivity contribution in [2.24, 2.45) is 0 Å². The summed E-state index contributed by atoms with van der Waals surface area (Å²) >= 11 is 1.65. The lowest BCUT2D eigenvalue weighted by molar-refractivity contribution is -0.141. The number of nitrogens with one attached hydrogen (secondary N) is 1. The number of allylic oxidation sites excluding steroid dienone is 3. The van der Waals surface area contributed by atoms with E-state index in [1.165, 1.54) is 26.2 Å². The van der Waals surface area contributed by atoms with Crippen molar-refractivity contribution in [1.29, 1.82) is 0 Å². The number of hydrogen-bond donors (Lipinski definition) is 1. The smallest absolute Gasteiger partial charge is 0.336 e. The molecule has 1 N–H and O–H groups in total. The minimum Gasteiger partial charge on any atom is -0.493 e. The molecule has 0 spiro atoms. The van der Waals surface area contributed by atoms with Crippen LogP contribution in [0.5, 0.6) is 17.2 Å². The molecule has 8 nitrogen and oxygen atoms in total. The fourth-order valence-corrected chi connectivity index (χ4v) is 5.96. The van der Waals surface area contributed by atoms with E-state index in [-0.39, 0.29) is 31.0 Å². The molecule has 2 unspecified atom stereocenters. The van der Waals surface area contributed by atoms with E-state index < -0.39 is 11.9 Å². The molecule has 1 aromatic heterocycles. The first-order valence-corrected chi connectivity index (χ1v) is 13.5. The van der Waals surface area contributed by atoms with E-state index in [2.05, 4.69) is 11.4 Å². The zero-order chi connectivity index (χ0) is 27.4. The highest BCUT2D eigenvalue weighted by atomic mass is 32.1. The van der Waals surface area contributed by atoms with Crippen molar-refractivity contribution in [3.05, 3.63) is 62.6 Å². The van der Waals surface area contributed by atoms with Gasteiger partial charge in [0.05, 0.1) is 39.6 Å². The minimum atomic E-state index is -0.657. The maximum atomic E-state index is 13.8. The van der Waals surface area contributed by atoms with Crippen molar-refractivity contribution in [3.63, 3.8) is 0 Å². The van der Waals surface area contributed by atoms with Crippen LogP contribution < -0.4 is 19.5 Å². The van der Waals surface area contributed by atoms with Gasteiger partial charge < -0.3 is 29.0 Å². The second-order valence-electron chi connectivity index (χ2n) is 9.55. The topological polar surface area (TPSA) is 92.3 Å². The van der Waals surface area contributed by atoms with Gasteiger partial charge in [-0.25, -0.2) is 4.79 Å². The van der Waals surface area contributed by atoms with Crippen molar-refractivity contribution in [2.75, 3.05) is 34.5 Å². The second kappa shape index (κ2) is 12.0. The summed E-state index contributed by atoms with van der Waals surface area (Å²) in [6.07, 6.45) is 1.07. The molecule has 4 rings (SSSR count). The van der Waals surface area contributed by atoms with Crippen LogP contribution >= 0.6 is 11.3 Å². The third-order valence-corrected chi connectivity index (χ3v) is 7.82. The van der Waals surface area contributed by atoms with Gasteiger partial charge >= 0.3 is 5.97 Å². The number of ketones is 1. The third kappa shape index (κ3) is 5.59. The number of rotatable bonds is 10. The van der Waals surface area contributed by atoms with Crippen molar-refractivity contribution in [1.82, 2.24) is 5.32 Å². The van der Waals surface area contributed by atoms with Gasteiger partial charge in [-0.2, -0.15) is 0 Å². The monoisotopic (exact) mass is 541 g/mol. The molecule has 0 bridgehead atoms. The van der Waals surface area contributed by atoms with Crippen molar-refractivity contribution in [3.8, 4) is 17.2 Å². The minimum absolute atomic E-state index is 0.00292. The van der Waals surface area contributed by atoms with Crippen molar-refractivity contribution >= 4 is 23.1 Å². The largest absolute Gasteiger partial charge is 0.493 e. The highest BCUT2D eigenvalue weighted by molar-refractivity contribution is 7.10. The maximum absolute atomic E-state index is 13.8. The van der Waals surface area contributed by atoms with Gasteiger partial charge in [0.25, 0.3) is 0 Å². The van der Waals surface area contributed by atoms with E-state index in [1.54, 1.807) is 23.5 Å². The van der Waals surface area contributed by atoms with E-state index in [4.69, 9.17) is 23.7 Å². The summed E-state index contributed by atoms with van der Waals surface area (Å²) in [5.74, 6) is 0.248. The van der Waals surface area contributed by atoms with Crippen LogP contribution in [0.2, 0.25) is 0 Å². The normalized spacial score (nSPS) is 19.3.